The highest BCUT2D eigenvalue weighted by atomic mass is 16.6. The minimum absolute atomic E-state index is 0.100. The standard InChI is InChI=1S/C11H16N2O7/c14-3-8-7(16)2-10(20-8)13-6(4-19-5-15)1-9(17)12-11(13)18/h1,7-8,10,14-16H,2-5H2,(H,12,17,18)/t7-,8+,10+/m0/s1. The third-order valence-corrected chi connectivity index (χ3v) is 3.07. The second-order valence-electron chi connectivity index (χ2n) is 4.39. The second-order valence-corrected chi connectivity index (χ2v) is 4.39. The van der Waals surface area contributed by atoms with Crippen LogP contribution in [0.4, 0.5) is 0 Å². The summed E-state index contributed by atoms with van der Waals surface area (Å²) in [4.78, 5) is 25.3. The Balaban J connectivity index is 2.35. The maximum Gasteiger partial charge on any atom is 0.330 e. The van der Waals surface area contributed by atoms with E-state index in [-0.39, 0.29) is 25.3 Å². The highest BCUT2D eigenvalue weighted by molar-refractivity contribution is 5.02. The van der Waals surface area contributed by atoms with E-state index < -0.39 is 36.5 Å². The van der Waals surface area contributed by atoms with E-state index in [4.69, 9.17) is 19.7 Å². The molecule has 0 amide bonds. The van der Waals surface area contributed by atoms with Crippen LogP contribution in [-0.2, 0) is 16.1 Å². The lowest BCUT2D eigenvalue weighted by molar-refractivity contribution is -0.0519. The molecule has 1 aliphatic heterocycles. The number of H-pyrrole nitrogens is 1. The maximum atomic E-state index is 11.9. The molecule has 2 rings (SSSR count). The summed E-state index contributed by atoms with van der Waals surface area (Å²) in [6.07, 6.45) is -2.41. The Morgan fingerprint density at radius 2 is 2.20 bits per heavy atom. The average Bonchev–Trinajstić information content (AvgIpc) is 2.76. The van der Waals surface area contributed by atoms with Crippen molar-refractivity contribution in [2.45, 2.75) is 31.5 Å². The van der Waals surface area contributed by atoms with Gasteiger partial charge in [0.25, 0.3) is 5.56 Å². The predicted octanol–water partition coefficient (Wildman–Crippen LogP) is -2.36. The van der Waals surface area contributed by atoms with Gasteiger partial charge in [0.1, 0.15) is 19.1 Å². The molecule has 0 aliphatic carbocycles. The van der Waals surface area contributed by atoms with Crippen molar-refractivity contribution in [2.75, 3.05) is 13.4 Å². The number of aliphatic hydroxyl groups excluding tert-OH is 3. The Bertz CT molecular complexity index is 567. The molecule has 20 heavy (non-hydrogen) atoms. The van der Waals surface area contributed by atoms with Crippen molar-refractivity contribution in [2.24, 2.45) is 0 Å². The van der Waals surface area contributed by atoms with E-state index in [9.17, 15) is 14.7 Å². The van der Waals surface area contributed by atoms with E-state index >= 15 is 0 Å². The molecule has 2 heterocycles. The van der Waals surface area contributed by atoms with Gasteiger partial charge in [0.15, 0.2) is 0 Å². The monoisotopic (exact) mass is 288 g/mol. The summed E-state index contributed by atoms with van der Waals surface area (Å²) < 4.78 is 11.3. The normalized spacial score (nSPS) is 26.1. The summed E-state index contributed by atoms with van der Waals surface area (Å²) >= 11 is 0. The van der Waals surface area contributed by atoms with Crippen molar-refractivity contribution in [3.8, 4) is 0 Å². The number of aromatic amines is 1. The van der Waals surface area contributed by atoms with Crippen LogP contribution in [0.15, 0.2) is 15.7 Å². The summed E-state index contributed by atoms with van der Waals surface area (Å²) in [5, 5.41) is 27.4. The van der Waals surface area contributed by atoms with E-state index in [1.807, 2.05) is 0 Å². The molecule has 9 nitrogen and oxygen atoms in total. The van der Waals surface area contributed by atoms with Gasteiger partial charge in [-0.1, -0.05) is 0 Å². The van der Waals surface area contributed by atoms with Crippen LogP contribution < -0.4 is 11.2 Å². The molecule has 1 fully saturated rings. The van der Waals surface area contributed by atoms with E-state index in [0.29, 0.717) is 0 Å². The van der Waals surface area contributed by atoms with E-state index in [1.54, 1.807) is 0 Å². The van der Waals surface area contributed by atoms with E-state index in [1.165, 1.54) is 0 Å². The molecule has 1 aromatic rings. The molecule has 3 atom stereocenters. The van der Waals surface area contributed by atoms with Gasteiger partial charge in [-0.3, -0.25) is 14.3 Å². The SMILES string of the molecule is O=c1cc(COCO)n([C@H]2C[C@H](O)[C@@H](CO)O2)c(=O)[nH]1. The number of nitrogens with zero attached hydrogens (tertiary/aromatic N) is 1. The number of rotatable bonds is 5. The fourth-order valence-electron chi connectivity index (χ4n) is 2.17. The smallest absolute Gasteiger partial charge is 0.330 e. The number of ether oxygens (including phenoxy) is 2. The molecule has 1 saturated heterocycles. The third kappa shape index (κ3) is 2.97. The van der Waals surface area contributed by atoms with Gasteiger partial charge < -0.3 is 24.8 Å². The Labute approximate surface area is 113 Å². The van der Waals surface area contributed by atoms with Crippen LogP contribution in [0.3, 0.4) is 0 Å². The second kappa shape index (κ2) is 6.29. The lowest BCUT2D eigenvalue weighted by Crippen LogP contribution is -2.35. The molecule has 1 aliphatic rings. The molecule has 1 aromatic heterocycles. The first kappa shape index (κ1) is 14.9. The topological polar surface area (TPSA) is 134 Å². The number of hydrogen-bond acceptors (Lipinski definition) is 7. The minimum atomic E-state index is -0.907. The third-order valence-electron chi connectivity index (χ3n) is 3.07. The fourth-order valence-corrected chi connectivity index (χ4v) is 2.17. The molecule has 0 spiro atoms. The number of aliphatic hydroxyl groups is 3. The lowest BCUT2D eigenvalue weighted by atomic mass is 10.2. The van der Waals surface area contributed by atoms with Gasteiger partial charge in [0.2, 0.25) is 0 Å². The lowest BCUT2D eigenvalue weighted by Gasteiger charge is -2.18. The predicted molar refractivity (Wildman–Crippen MR) is 64.8 cm³/mol. The van der Waals surface area contributed by atoms with Crippen LogP contribution >= 0.6 is 0 Å². The van der Waals surface area contributed by atoms with Gasteiger partial charge in [-0.05, 0) is 0 Å². The zero-order valence-electron chi connectivity index (χ0n) is 10.6. The molecule has 0 unspecified atom stereocenters. The van der Waals surface area contributed by atoms with Crippen LogP contribution in [0, 0.1) is 0 Å². The van der Waals surface area contributed by atoms with Gasteiger partial charge in [-0.2, -0.15) is 0 Å². The molecule has 9 heteroatoms. The first-order chi connectivity index (χ1) is 9.56. The van der Waals surface area contributed by atoms with Gasteiger partial charge in [-0.25, -0.2) is 4.79 Å². The molecule has 0 aromatic carbocycles. The molecule has 0 saturated carbocycles. The van der Waals surface area contributed by atoms with Crippen molar-refractivity contribution >= 4 is 0 Å². The largest absolute Gasteiger partial charge is 0.394 e. The maximum absolute atomic E-state index is 11.9. The van der Waals surface area contributed by atoms with Crippen LogP contribution in [0.5, 0.6) is 0 Å². The molecule has 4 N–H and O–H groups in total. The summed E-state index contributed by atoms with van der Waals surface area (Å²) in [5.74, 6) is 0. The first-order valence-corrected chi connectivity index (χ1v) is 6.04. The summed E-state index contributed by atoms with van der Waals surface area (Å²) in [6, 6.07) is 1.15. The first-order valence-electron chi connectivity index (χ1n) is 6.04. The number of nitrogens with one attached hydrogen (secondary N) is 1. The number of hydrogen-bond donors (Lipinski definition) is 4. The molecular weight excluding hydrogens is 272 g/mol. The Hall–Kier alpha value is -1.52. The van der Waals surface area contributed by atoms with Gasteiger partial charge in [-0.15, -0.1) is 0 Å². The summed E-state index contributed by atoms with van der Waals surface area (Å²) in [7, 11) is 0. The zero-order valence-corrected chi connectivity index (χ0v) is 10.6. The van der Waals surface area contributed by atoms with Crippen molar-refractivity contribution < 1.29 is 24.8 Å². The van der Waals surface area contributed by atoms with Crippen LogP contribution in [0.1, 0.15) is 18.3 Å². The summed E-state index contributed by atoms with van der Waals surface area (Å²) in [5.41, 5.74) is -1.09. The van der Waals surface area contributed by atoms with Gasteiger partial charge in [0.05, 0.1) is 25.0 Å². The molecule has 0 bridgehead atoms. The Morgan fingerprint density at radius 1 is 1.45 bits per heavy atom. The Morgan fingerprint density at radius 3 is 2.80 bits per heavy atom. The van der Waals surface area contributed by atoms with E-state index in [0.717, 1.165) is 10.6 Å². The van der Waals surface area contributed by atoms with Crippen molar-refractivity contribution in [3.63, 3.8) is 0 Å². The number of aromatic nitrogens is 2. The Kier molecular flexibility index (Phi) is 4.68. The molecular formula is C11H16N2O7. The van der Waals surface area contributed by atoms with Crippen LogP contribution in [0.25, 0.3) is 0 Å². The highest BCUT2D eigenvalue weighted by Crippen LogP contribution is 2.28. The van der Waals surface area contributed by atoms with Gasteiger partial charge >= 0.3 is 5.69 Å². The fraction of sp³-hybridized carbons (Fsp3) is 0.636. The van der Waals surface area contributed by atoms with Gasteiger partial charge in [0, 0.05) is 12.5 Å². The van der Waals surface area contributed by atoms with Crippen molar-refractivity contribution in [1.29, 1.82) is 0 Å². The zero-order chi connectivity index (χ0) is 14.7. The van der Waals surface area contributed by atoms with E-state index in [2.05, 4.69) is 4.98 Å². The summed E-state index contributed by atoms with van der Waals surface area (Å²) in [6.45, 7) is -1.10. The minimum Gasteiger partial charge on any atom is -0.394 e. The van der Waals surface area contributed by atoms with Crippen LogP contribution in [-0.4, -0.2) is 50.5 Å². The average molecular weight is 288 g/mol. The molecule has 112 valence electrons. The van der Waals surface area contributed by atoms with Crippen molar-refractivity contribution in [1.82, 2.24) is 9.55 Å². The van der Waals surface area contributed by atoms with Crippen molar-refractivity contribution in [3.05, 3.63) is 32.6 Å². The highest BCUT2D eigenvalue weighted by Gasteiger charge is 2.35. The molecule has 0 radical (unpaired) electrons. The van der Waals surface area contributed by atoms with Crippen LogP contribution in [0.2, 0.25) is 0 Å². The quantitative estimate of drug-likeness (QED) is 0.445.